The smallest absolute Gasteiger partial charge is 0.0297 e. The Balaban J connectivity index is 1.85. The second-order valence-corrected chi connectivity index (χ2v) is 5.55. The Kier molecular flexibility index (Phi) is 2.96. The number of hydrogen-bond acceptors (Lipinski definition) is 0. The molecule has 76 valence electrons. The summed E-state index contributed by atoms with van der Waals surface area (Å²) in [6.07, 6.45) is 15.2. The summed E-state index contributed by atoms with van der Waals surface area (Å²) >= 11 is 0. The van der Waals surface area contributed by atoms with Crippen molar-refractivity contribution >= 4 is 0 Å². The van der Waals surface area contributed by atoms with Crippen molar-refractivity contribution in [3.8, 4) is 0 Å². The average molecular weight is 180 g/mol. The first-order chi connectivity index (χ1) is 6.31. The van der Waals surface area contributed by atoms with Crippen LogP contribution in [0, 0.1) is 11.3 Å². The lowest BCUT2D eigenvalue weighted by atomic mass is 9.83. The minimum Gasteiger partial charge on any atom is -0.0594 e. The van der Waals surface area contributed by atoms with Gasteiger partial charge in [-0.2, -0.15) is 0 Å². The van der Waals surface area contributed by atoms with Crippen molar-refractivity contribution < 1.29 is 0 Å². The zero-order chi connectivity index (χ0) is 9.15. The molecule has 0 saturated heterocycles. The minimum absolute atomic E-state index is 0.796. The quantitative estimate of drug-likeness (QED) is 0.556. The topological polar surface area (TPSA) is 0 Å². The third-order valence-electron chi connectivity index (χ3n) is 4.38. The van der Waals surface area contributed by atoms with Crippen molar-refractivity contribution in [1.82, 2.24) is 0 Å². The Labute approximate surface area is 83.1 Å². The first kappa shape index (κ1) is 9.55. The molecule has 0 unspecified atom stereocenters. The third-order valence-corrected chi connectivity index (χ3v) is 4.38. The Morgan fingerprint density at radius 1 is 0.769 bits per heavy atom. The molecule has 0 heteroatoms. The van der Waals surface area contributed by atoms with Crippen LogP contribution in [-0.2, 0) is 0 Å². The second-order valence-electron chi connectivity index (χ2n) is 5.55. The first-order valence-corrected chi connectivity index (χ1v) is 6.31. The van der Waals surface area contributed by atoms with Gasteiger partial charge in [0.25, 0.3) is 0 Å². The zero-order valence-electron chi connectivity index (χ0n) is 9.15. The molecule has 13 heavy (non-hydrogen) atoms. The summed E-state index contributed by atoms with van der Waals surface area (Å²) in [5.74, 6) is 1.09. The van der Waals surface area contributed by atoms with Crippen LogP contribution in [0.2, 0.25) is 0 Å². The van der Waals surface area contributed by atoms with E-state index in [1.165, 1.54) is 64.2 Å². The van der Waals surface area contributed by atoms with E-state index in [1.54, 1.807) is 0 Å². The van der Waals surface area contributed by atoms with Crippen LogP contribution in [0.5, 0.6) is 0 Å². The van der Waals surface area contributed by atoms with E-state index in [0.717, 1.165) is 11.3 Å². The van der Waals surface area contributed by atoms with E-state index in [-0.39, 0.29) is 0 Å². The maximum atomic E-state index is 2.52. The Bertz CT molecular complexity index is 145. The van der Waals surface area contributed by atoms with Crippen LogP contribution in [0.25, 0.3) is 0 Å². The highest BCUT2D eigenvalue weighted by atomic mass is 14.5. The lowest BCUT2D eigenvalue weighted by Crippen LogP contribution is -2.12. The molecule has 2 aliphatic carbocycles. The van der Waals surface area contributed by atoms with Crippen molar-refractivity contribution in [3.05, 3.63) is 0 Å². The lowest BCUT2D eigenvalue weighted by Gasteiger charge is -2.22. The van der Waals surface area contributed by atoms with Gasteiger partial charge < -0.3 is 0 Å². The first-order valence-electron chi connectivity index (χ1n) is 6.31. The molecule has 0 nitrogen and oxygen atoms in total. The van der Waals surface area contributed by atoms with Gasteiger partial charge in [-0.25, -0.2) is 0 Å². The van der Waals surface area contributed by atoms with Gasteiger partial charge in [-0.1, -0.05) is 45.4 Å². The maximum Gasteiger partial charge on any atom is -0.0297 e. The van der Waals surface area contributed by atoms with E-state index in [9.17, 15) is 0 Å². The van der Waals surface area contributed by atoms with Crippen LogP contribution in [-0.4, -0.2) is 0 Å². The van der Waals surface area contributed by atoms with Crippen molar-refractivity contribution in [2.45, 2.75) is 71.1 Å². The summed E-state index contributed by atoms with van der Waals surface area (Å²) in [4.78, 5) is 0. The van der Waals surface area contributed by atoms with E-state index in [1.807, 2.05) is 0 Å². The van der Waals surface area contributed by atoms with Crippen LogP contribution in [0.4, 0.5) is 0 Å². The molecule has 0 aromatic heterocycles. The van der Waals surface area contributed by atoms with Crippen LogP contribution in [0.1, 0.15) is 71.1 Å². The van der Waals surface area contributed by atoms with Gasteiger partial charge in [-0.15, -0.1) is 0 Å². The molecule has 2 saturated carbocycles. The van der Waals surface area contributed by atoms with Crippen molar-refractivity contribution in [2.75, 3.05) is 0 Å². The molecule has 0 aliphatic heterocycles. The summed E-state index contributed by atoms with van der Waals surface area (Å²) in [6, 6.07) is 0. The van der Waals surface area contributed by atoms with Gasteiger partial charge in [0, 0.05) is 0 Å². The summed E-state index contributed by atoms with van der Waals surface area (Å²) in [5.41, 5.74) is 0.796. The van der Waals surface area contributed by atoms with E-state index in [2.05, 4.69) is 6.92 Å². The Hall–Kier alpha value is 0. The SMILES string of the molecule is CC1(C2CCCCCCCC2)CC1. The molecule has 0 N–H and O–H groups in total. The number of hydrogen-bond donors (Lipinski definition) is 0. The number of rotatable bonds is 1. The zero-order valence-corrected chi connectivity index (χ0v) is 9.15. The average Bonchev–Trinajstić information content (AvgIpc) is 2.84. The fraction of sp³-hybridized carbons (Fsp3) is 1.00. The van der Waals surface area contributed by atoms with E-state index in [4.69, 9.17) is 0 Å². The molecular weight excluding hydrogens is 156 g/mol. The van der Waals surface area contributed by atoms with E-state index < -0.39 is 0 Å². The highest BCUT2D eigenvalue weighted by molar-refractivity contribution is 4.94. The Morgan fingerprint density at radius 2 is 1.23 bits per heavy atom. The molecule has 0 aromatic carbocycles. The predicted octanol–water partition coefficient (Wildman–Crippen LogP) is 4.54. The highest BCUT2D eigenvalue weighted by Gasteiger charge is 2.43. The standard InChI is InChI=1S/C13H24/c1-13(10-11-13)12-8-6-4-2-3-5-7-9-12/h12H,2-11H2,1H3. The van der Waals surface area contributed by atoms with E-state index >= 15 is 0 Å². The van der Waals surface area contributed by atoms with Crippen LogP contribution in [0.15, 0.2) is 0 Å². The molecule has 0 heterocycles. The summed E-state index contributed by atoms with van der Waals surface area (Å²) in [5, 5.41) is 0. The van der Waals surface area contributed by atoms with Crippen LogP contribution < -0.4 is 0 Å². The van der Waals surface area contributed by atoms with Crippen molar-refractivity contribution in [3.63, 3.8) is 0 Å². The van der Waals surface area contributed by atoms with Gasteiger partial charge >= 0.3 is 0 Å². The normalized spacial score (nSPS) is 30.2. The maximum absolute atomic E-state index is 2.52. The molecule has 0 spiro atoms. The van der Waals surface area contributed by atoms with Crippen LogP contribution in [0.3, 0.4) is 0 Å². The molecule has 0 radical (unpaired) electrons. The van der Waals surface area contributed by atoms with Gasteiger partial charge in [-0.05, 0) is 37.0 Å². The van der Waals surface area contributed by atoms with Gasteiger partial charge in [0.1, 0.15) is 0 Å². The predicted molar refractivity (Wildman–Crippen MR) is 57.8 cm³/mol. The van der Waals surface area contributed by atoms with Crippen molar-refractivity contribution in [1.29, 1.82) is 0 Å². The molecule has 0 amide bonds. The molecule has 2 fully saturated rings. The summed E-state index contributed by atoms with van der Waals surface area (Å²) < 4.78 is 0. The highest BCUT2D eigenvalue weighted by Crippen LogP contribution is 2.54. The molecule has 0 bridgehead atoms. The van der Waals surface area contributed by atoms with Crippen molar-refractivity contribution in [2.24, 2.45) is 11.3 Å². The second kappa shape index (κ2) is 4.02. The monoisotopic (exact) mass is 180 g/mol. The van der Waals surface area contributed by atoms with Gasteiger partial charge in [0.2, 0.25) is 0 Å². The molecule has 0 atom stereocenters. The Morgan fingerprint density at radius 3 is 1.69 bits per heavy atom. The third kappa shape index (κ3) is 2.48. The summed E-state index contributed by atoms with van der Waals surface area (Å²) in [6.45, 7) is 2.52. The molecular formula is C13H24. The molecule has 2 aliphatic rings. The van der Waals surface area contributed by atoms with Gasteiger partial charge in [0.15, 0.2) is 0 Å². The van der Waals surface area contributed by atoms with Gasteiger partial charge in [-0.3, -0.25) is 0 Å². The summed E-state index contributed by atoms with van der Waals surface area (Å²) in [7, 11) is 0. The van der Waals surface area contributed by atoms with Gasteiger partial charge in [0.05, 0.1) is 0 Å². The molecule has 2 rings (SSSR count). The van der Waals surface area contributed by atoms with Crippen LogP contribution >= 0.6 is 0 Å². The largest absolute Gasteiger partial charge is 0.0594 e. The van der Waals surface area contributed by atoms with E-state index in [0.29, 0.717) is 0 Å². The fourth-order valence-corrected chi connectivity index (χ4v) is 2.94. The minimum atomic E-state index is 0.796. The lowest BCUT2D eigenvalue weighted by molar-refractivity contribution is 0.283. The molecule has 0 aromatic rings. The fourth-order valence-electron chi connectivity index (χ4n) is 2.94.